The molecule has 1 amide bonds. The Morgan fingerprint density at radius 1 is 0.774 bits per heavy atom. The topological polar surface area (TPSA) is 20.3 Å². The maximum absolute atomic E-state index is 13.7. The van der Waals surface area contributed by atoms with Crippen LogP contribution >= 0.6 is 22.5 Å². The Balaban J connectivity index is 1.78. The Bertz CT molecular complexity index is 896. The van der Waals surface area contributed by atoms with E-state index in [1.165, 1.54) is 21.9 Å². The highest BCUT2D eigenvalue weighted by Crippen LogP contribution is 2.28. The number of rotatable bonds is 10. The van der Waals surface area contributed by atoms with Crippen molar-refractivity contribution >= 4 is 28.4 Å². The first-order valence-corrected chi connectivity index (χ1v) is 12.8. The van der Waals surface area contributed by atoms with Gasteiger partial charge in [0.1, 0.15) is 0 Å². The van der Waals surface area contributed by atoms with Crippen LogP contribution in [0.4, 0.5) is 0 Å². The minimum atomic E-state index is 0.0956. The molecule has 4 heteroatoms. The third-order valence-corrected chi connectivity index (χ3v) is 6.93. The van der Waals surface area contributed by atoms with Gasteiger partial charge in [0, 0.05) is 17.0 Å². The van der Waals surface area contributed by atoms with E-state index in [1.807, 2.05) is 36.4 Å². The van der Waals surface area contributed by atoms with Crippen LogP contribution in [0.2, 0.25) is 0 Å². The van der Waals surface area contributed by atoms with Crippen LogP contribution in [0.5, 0.6) is 0 Å². The van der Waals surface area contributed by atoms with Crippen LogP contribution in [0, 0.1) is 0 Å². The number of thiol groups is 1. The van der Waals surface area contributed by atoms with E-state index in [2.05, 4.69) is 78.9 Å². The average Bonchev–Trinajstić information content (AvgIpc) is 2.82. The molecule has 0 aromatic heterocycles. The predicted octanol–water partition coefficient (Wildman–Crippen LogP) is 7.11. The molecule has 0 radical (unpaired) electrons. The lowest BCUT2D eigenvalue weighted by atomic mass is 9.99. The minimum Gasteiger partial charge on any atom is -0.333 e. The van der Waals surface area contributed by atoms with Gasteiger partial charge >= 0.3 is 0 Å². The first-order chi connectivity index (χ1) is 15.1. The van der Waals surface area contributed by atoms with E-state index in [0.29, 0.717) is 0 Å². The van der Waals surface area contributed by atoms with Gasteiger partial charge in [-0.2, -0.15) is 0 Å². The van der Waals surface area contributed by atoms with E-state index in [1.54, 1.807) is 0 Å². The SMILES string of the molecule is CC(CCc1ccccc1)N(C(=O)c1ccccc1SS)C(C)CCc1ccccc1. The van der Waals surface area contributed by atoms with Crippen LogP contribution in [-0.4, -0.2) is 22.9 Å². The van der Waals surface area contributed by atoms with Gasteiger partial charge in [-0.15, -0.1) is 11.7 Å². The maximum atomic E-state index is 13.7. The third kappa shape index (κ3) is 6.65. The molecule has 0 saturated heterocycles. The number of amides is 1. The number of nitrogens with zero attached hydrogens (tertiary/aromatic N) is 1. The van der Waals surface area contributed by atoms with Gasteiger partial charge in [0.05, 0.1) is 5.56 Å². The van der Waals surface area contributed by atoms with Gasteiger partial charge in [-0.1, -0.05) is 83.6 Å². The summed E-state index contributed by atoms with van der Waals surface area (Å²) < 4.78 is 0. The van der Waals surface area contributed by atoms with Gasteiger partial charge < -0.3 is 4.90 Å². The molecule has 0 heterocycles. The van der Waals surface area contributed by atoms with Gasteiger partial charge in [0.25, 0.3) is 5.91 Å². The Morgan fingerprint density at radius 3 is 1.71 bits per heavy atom. The zero-order valence-electron chi connectivity index (χ0n) is 18.3. The lowest BCUT2D eigenvalue weighted by Gasteiger charge is -2.35. The Labute approximate surface area is 195 Å². The fourth-order valence-corrected chi connectivity index (χ4v) is 4.89. The van der Waals surface area contributed by atoms with Crippen LogP contribution in [0.3, 0.4) is 0 Å². The highest BCUT2D eigenvalue weighted by Gasteiger charge is 2.27. The lowest BCUT2D eigenvalue weighted by Crippen LogP contribution is -2.45. The molecule has 3 aromatic carbocycles. The average molecular weight is 450 g/mol. The summed E-state index contributed by atoms with van der Waals surface area (Å²) in [7, 11) is 1.33. The fraction of sp³-hybridized carbons (Fsp3) is 0.296. The summed E-state index contributed by atoms with van der Waals surface area (Å²) in [5.41, 5.74) is 3.36. The lowest BCUT2D eigenvalue weighted by molar-refractivity contribution is 0.0584. The third-order valence-electron chi connectivity index (χ3n) is 5.79. The molecule has 0 fully saturated rings. The van der Waals surface area contributed by atoms with E-state index < -0.39 is 0 Å². The van der Waals surface area contributed by atoms with Crippen molar-refractivity contribution in [2.45, 2.75) is 56.5 Å². The van der Waals surface area contributed by atoms with Gasteiger partial charge in [-0.05, 0) is 62.8 Å². The second-order valence-electron chi connectivity index (χ2n) is 8.05. The largest absolute Gasteiger partial charge is 0.333 e. The van der Waals surface area contributed by atoms with E-state index in [9.17, 15) is 4.79 Å². The molecule has 31 heavy (non-hydrogen) atoms. The number of hydrogen-bond acceptors (Lipinski definition) is 3. The van der Waals surface area contributed by atoms with Crippen LogP contribution in [0.15, 0.2) is 89.8 Å². The first-order valence-electron chi connectivity index (χ1n) is 10.9. The summed E-state index contributed by atoms with van der Waals surface area (Å²) in [4.78, 5) is 16.7. The standard InChI is InChI=1S/C27H31NOS2/c1-21(17-19-23-11-5-3-6-12-23)28(22(2)18-20-24-13-7-4-8-14-24)27(29)25-15-9-10-16-26(25)31-30/h3-16,21-22,30H,17-20H2,1-2H3. The highest BCUT2D eigenvalue weighted by molar-refractivity contribution is 8.68. The van der Waals surface area contributed by atoms with Gasteiger partial charge in [-0.3, -0.25) is 4.79 Å². The summed E-state index contributed by atoms with van der Waals surface area (Å²) in [5, 5.41) is 0. The van der Waals surface area contributed by atoms with E-state index >= 15 is 0 Å². The van der Waals surface area contributed by atoms with Crippen LogP contribution in [0.1, 0.15) is 48.2 Å². The van der Waals surface area contributed by atoms with Crippen LogP contribution in [0.25, 0.3) is 0 Å². The second-order valence-corrected chi connectivity index (χ2v) is 9.22. The van der Waals surface area contributed by atoms with Crippen LogP contribution in [-0.2, 0) is 12.8 Å². The van der Waals surface area contributed by atoms with E-state index in [4.69, 9.17) is 0 Å². The quantitative estimate of drug-likeness (QED) is 0.263. The van der Waals surface area contributed by atoms with Crippen molar-refractivity contribution in [3.8, 4) is 0 Å². The summed E-state index contributed by atoms with van der Waals surface area (Å²) in [5.74, 6) is 0.0956. The summed E-state index contributed by atoms with van der Waals surface area (Å²) in [6.07, 6.45) is 3.78. The van der Waals surface area contributed by atoms with Crippen molar-refractivity contribution < 1.29 is 4.79 Å². The van der Waals surface area contributed by atoms with E-state index in [0.717, 1.165) is 36.1 Å². The van der Waals surface area contributed by atoms with E-state index in [-0.39, 0.29) is 18.0 Å². The summed E-state index contributed by atoms with van der Waals surface area (Å²) >= 11 is 4.37. The van der Waals surface area contributed by atoms with Crippen molar-refractivity contribution in [1.82, 2.24) is 4.90 Å². The number of aryl methyl sites for hydroxylation is 2. The number of hydrogen-bond donors (Lipinski definition) is 1. The molecular formula is C27H31NOS2. The van der Waals surface area contributed by atoms with Crippen molar-refractivity contribution in [1.29, 1.82) is 0 Å². The molecule has 2 unspecified atom stereocenters. The highest BCUT2D eigenvalue weighted by atomic mass is 33.1. The minimum absolute atomic E-state index is 0.0956. The molecular weight excluding hydrogens is 418 g/mol. The molecule has 0 aliphatic carbocycles. The molecule has 0 bridgehead atoms. The maximum Gasteiger partial charge on any atom is 0.255 e. The molecule has 0 aliphatic heterocycles. The molecule has 0 spiro atoms. The molecule has 2 nitrogen and oxygen atoms in total. The summed E-state index contributed by atoms with van der Waals surface area (Å²) in [6, 6.07) is 29.1. The predicted molar refractivity (Wildman–Crippen MR) is 136 cm³/mol. The Kier molecular flexibility index (Phi) is 9.11. The number of carbonyl (C=O) groups excluding carboxylic acids is 1. The molecule has 0 aliphatic rings. The molecule has 3 aromatic rings. The molecule has 162 valence electrons. The first kappa shape index (κ1) is 23.5. The van der Waals surface area contributed by atoms with Gasteiger partial charge in [0.15, 0.2) is 0 Å². The molecule has 0 N–H and O–H groups in total. The van der Waals surface area contributed by atoms with Crippen molar-refractivity contribution in [3.63, 3.8) is 0 Å². The summed E-state index contributed by atoms with van der Waals surface area (Å²) in [6.45, 7) is 4.35. The second kappa shape index (κ2) is 12.0. The molecule has 3 rings (SSSR count). The molecule has 2 atom stereocenters. The fourth-order valence-electron chi connectivity index (χ4n) is 4.02. The normalized spacial score (nSPS) is 12.9. The van der Waals surface area contributed by atoms with Crippen molar-refractivity contribution in [2.24, 2.45) is 0 Å². The number of carbonyl (C=O) groups is 1. The van der Waals surface area contributed by atoms with Crippen molar-refractivity contribution in [3.05, 3.63) is 102 Å². The zero-order valence-corrected chi connectivity index (χ0v) is 20.0. The Hall–Kier alpha value is -2.17. The van der Waals surface area contributed by atoms with Crippen molar-refractivity contribution in [2.75, 3.05) is 0 Å². The monoisotopic (exact) mass is 449 g/mol. The smallest absolute Gasteiger partial charge is 0.255 e. The zero-order chi connectivity index (χ0) is 22.1. The number of benzene rings is 3. The Morgan fingerprint density at radius 2 is 1.23 bits per heavy atom. The van der Waals surface area contributed by atoms with Gasteiger partial charge in [-0.25, -0.2) is 0 Å². The molecule has 0 saturated carbocycles. The van der Waals surface area contributed by atoms with Gasteiger partial charge in [0.2, 0.25) is 0 Å². The van der Waals surface area contributed by atoms with Crippen LogP contribution < -0.4 is 0 Å².